The third-order valence-electron chi connectivity index (χ3n) is 3.98. The minimum Gasteiger partial charge on any atom is -0.394 e. The predicted molar refractivity (Wildman–Crippen MR) is 101 cm³/mol. The van der Waals surface area contributed by atoms with Crippen LogP contribution >= 0.6 is 0 Å². The fourth-order valence-corrected chi connectivity index (χ4v) is 2.68. The predicted octanol–water partition coefficient (Wildman–Crippen LogP) is -0.955. The molecule has 0 amide bonds. The second-order valence-corrected chi connectivity index (χ2v) is 5.79. The molecule has 0 bridgehead atoms. The number of imidazole rings is 1. The summed E-state index contributed by atoms with van der Waals surface area (Å²) in [6.45, 7) is 6.86. The van der Waals surface area contributed by atoms with E-state index in [4.69, 9.17) is 25.1 Å². The maximum atomic E-state index is 9.95. The molecular weight excluding hydrogens is 477 g/mol. The zero-order chi connectivity index (χ0) is 20.0. The summed E-state index contributed by atoms with van der Waals surface area (Å²) in [4.78, 5) is 11.9. The van der Waals surface area contributed by atoms with Gasteiger partial charge in [-0.1, -0.05) is 0 Å². The van der Waals surface area contributed by atoms with Crippen LogP contribution in [-0.2, 0) is 14.2 Å². The molecule has 28 heavy (non-hydrogen) atoms. The number of nitrogen functional groups attached to an aromatic ring is 1. The molecule has 2 aromatic heterocycles. The van der Waals surface area contributed by atoms with E-state index >= 15 is 0 Å². The van der Waals surface area contributed by atoms with Crippen molar-refractivity contribution in [1.82, 2.24) is 19.5 Å². The van der Waals surface area contributed by atoms with Crippen molar-refractivity contribution in [3.8, 4) is 0 Å². The fraction of sp³-hybridized carbons (Fsp3) is 0.688. The van der Waals surface area contributed by atoms with Gasteiger partial charge in [-0.25, -0.2) is 15.0 Å². The molecule has 156 valence electrons. The quantitative estimate of drug-likeness (QED) is 0.286. The first-order chi connectivity index (χ1) is 12.9. The molecule has 0 spiro atoms. The minimum atomic E-state index is -1.19. The zero-order valence-electron chi connectivity index (χ0n) is 16.1. The second-order valence-electron chi connectivity index (χ2n) is 5.79. The number of aliphatic hydroxyl groups excluding tert-OH is 3. The molecule has 4 radical (unpaired) electrons. The van der Waals surface area contributed by atoms with Crippen LogP contribution in [0.25, 0.3) is 11.2 Å². The Labute approximate surface area is 179 Å². The zero-order valence-corrected chi connectivity index (χ0v) is 18.9. The molecule has 0 unspecified atom stereocenters. The van der Waals surface area contributed by atoms with Gasteiger partial charge in [0.2, 0.25) is 0 Å². The Morgan fingerprint density at radius 1 is 1.18 bits per heavy atom. The van der Waals surface area contributed by atoms with Crippen LogP contribution in [0.3, 0.4) is 0 Å². The van der Waals surface area contributed by atoms with Crippen molar-refractivity contribution in [3.05, 3.63) is 12.7 Å². The number of fused-ring (bicyclic) bond motifs is 1. The first kappa shape index (κ1) is 24.9. The molecule has 0 saturated carbocycles. The van der Waals surface area contributed by atoms with E-state index in [1.54, 1.807) is 0 Å². The number of rotatable bonds is 6. The smallest absolute Gasteiger partial charge is 0.167 e. The molecule has 1 saturated heterocycles. The number of nitrogens with zero attached hydrogens (tertiary/aromatic N) is 4. The molecule has 1 aliphatic rings. The van der Waals surface area contributed by atoms with Crippen LogP contribution in [0.5, 0.6) is 0 Å². The summed E-state index contributed by atoms with van der Waals surface area (Å²) in [5, 5.41) is 28.7. The molecule has 2 aromatic rings. The minimum absolute atomic E-state index is 0. The summed E-state index contributed by atoms with van der Waals surface area (Å²) in [5.41, 5.74) is 6.44. The van der Waals surface area contributed by atoms with E-state index in [0.29, 0.717) is 11.2 Å². The number of aromatic nitrogens is 4. The largest absolute Gasteiger partial charge is 0.394 e. The maximum Gasteiger partial charge on any atom is 0.167 e. The van der Waals surface area contributed by atoms with Crippen LogP contribution in [0.15, 0.2) is 12.7 Å². The van der Waals surface area contributed by atoms with Gasteiger partial charge in [0.25, 0.3) is 0 Å². The van der Waals surface area contributed by atoms with E-state index in [1.165, 1.54) is 17.2 Å². The van der Waals surface area contributed by atoms with Gasteiger partial charge in [-0.05, 0) is 20.8 Å². The topological polar surface area (TPSA) is 158 Å². The molecular formula is C16H27N5O6Sn. The summed E-state index contributed by atoms with van der Waals surface area (Å²) >= 11 is 0. The summed E-state index contributed by atoms with van der Waals surface area (Å²) < 4.78 is 17.0. The van der Waals surface area contributed by atoms with Crippen LogP contribution in [-0.4, -0.2) is 103 Å². The van der Waals surface area contributed by atoms with Crippen molar-refractivity contribution < 1.29 is 29.5 Å². The first-order valence-corrected chi connectivity index (χ1v) is 8.73. The van der Waals surface area contributed by atoms with Crippen molar-refractivity contribution in [2.45, 2.75) is 51.6 Å². The second kappa shape index (κ2) is 11.8. The van der Waals surface area contributed by atoms with Crippen LogP contribution in [0, 0.1) is 0 Å². The summed E-state index contributed by atoms with van der Waals surface area (Å²) in [6, 6.07) is 0. The Hall–Kier alpha value is -1.09. The van der Waals surface area contributed by atoms with E-state index in [0.717, 1.165) is 13.2 Å². The number of anilines is 1. The van der Waals surface area contributed by atoms with Gasteiger partial charge in [0.1, 0.15) is 30.2 Å². The summed E-state index contributed by atoms with van der Waals surface area (Å²) in [7, 11) is 0. The summed E-state index contributed by atoms with van der Waals surface area (Å²) in [6.07, 6.45) is -1.46. The van der Waals surface area contributed by atoms with Gasteiger partial charge in [-0.3, -0.25) is 4.57 Å². The molecule has 12 heteroatoms. The van der Waals surface area contributed by atoms with Crippen LogP contribution in [0.2, 0.25) is 0 Å². The third kappa shape index (κ3) is 5.72. The Bertz CT molecular complexity index is 714. The van der Waals surface area contributed by atoms with Gasteiger partial charge >= 0.3 is 0 Å². The number of aliphatic hydroxyl groups is 3. The Morgan fingerprint density at radius 3 is 2.36 bits per heavy atom. The van der Waals surface area contributed by atoms with Crippen molar-refractivity contribution in [3.63, 3.8) is 0 Å². The fourth-order valence-electron chi connectivity index (χ4n) is 2.68. The van der Waals surface area contributed by atoms with E-state index in [9.17, 15) is 10.2 Å². The molecule has 3 heterocycles. The molecule has 3 rings (SSSR count). The van der Waals surface area contributed by atoms with Crippen LogP contribution in [0.1, 0.15) is 27.0 Å². The maximum absolute atomic E-state index is 9.95. The van der Waals surface area contributed by atoms with Gasteiger partial charge in [-0.15, -0.1) is 0 Å². The first-order valence-electron chi connectivity index (χ1n) is 8.73. The monoisotopic (exact) mass is 505 g/mol. The van der Waals surface area contributed by atoms with Gasteiger partial charge < -0.3 is 35.3 Å². The van der Waals surface area contributed by atoms with Gasteiger partial charge in [0.05, 0.1) is 12.9 Å². The molecule has 1 aliphatic heterocycles. The van der Waals surface area contributed by atoms with E-state index in [2.05, 4.69) is 15.0 Å². The van der Waals surface area contributed by atoms with Crippen molar-refractivity contribution in [1.29, 1.82) is 0 Å². The normalized spacial score (nSPS) is 24.1. The van der Waals surface area contributed by atoms with E-state index in [1.807, 2.05) is 20.8 Å². The molecule has 4 atom stereocenters. The standard InChI is InChI=1S/C10H13N5O4.C6H14O2.Sn/c11-8-5-9(13-2-12-8)15(3-14-5)10-7(18)6(17)4(1-16)19-10;1-4-7-6(3)8-5-2;/h2-4,6-7,10,16-18H,1H2,(H2,11,12,13);6H,4-5H2,1-3H3;/t4-,6-,7-,10-;;/m1../s1. The average molecular weight is 504 g/mol. The number of hydrogen-bond acceptors (Lipinski definition) is 10. The Balaban J connectivity index is 0.000000376. The number of nitrogens with two attached hydrogens (primary N) is 1. The Morgan fingerprint density at radius 2 is 1.82 bits per heavy atom. The molecule has 1 fully saturated rings. The van der Waals surface area contributed by atoms with Gasteiger partial charge in [-0.2, -0.15) is 0 Å². The summed E-state index contributed by atoms with van der Waals surface area (Å²) in [5.74, 6) is 0.218. The third-order valence-corrected chi connectivity index (χ3v) is 3.98. The number of ether oxygens (including phenoxy) is 3. The molecule has 5 N–H and O–H groups in total. The SMILES string of the molecule is CCOC(C)OCC.Nc1ncnc2c1ncn2[C@@H]1O[C@H](CO)[C@@H](O)[C@H]1O.[Sn]. The Kier molecular flexibility index (Phi) is 10.5. The van der Waals surface area contributed by atoms with E-state index in [-0.39, 0.29) is 36.0 Å². The van der Waals surface area contributed by atoms with Gasteiger partial charge in [0.15, 0.2) is 24.0 Å². The average Bonchev–Trinajstić information content (AvgIpc) is 3.19. The van der Waals surface area contributed by atoms with Crippen molar-refractivity contribution >= 4 is 40.9 Å². The van der Waals surface area contributed by atoms with Crippen LogP contribution < -0.4 is 5.73 Å². The van der Waals surface area contributed by atoms with E-state index < -0.39 is 31.1 Å². The molecule has 0 aromatic carbocycles. The van der Waals surface area contributed by atoms with Crippen molar-refractivity contribution in [2.75, 3.05) is 25.6 Å². The number of hydrogen-bond donors (Lipinski definition) is 4. The van der Waals surface area contributed by atoms with Crippen molar-refractivity contribution in [2.24, 2.45) is 0 Å². The molecule has 11 nitrogen and oxygen atoms in total. The molecule has 0 aliphatic carbocycles. The van der Waals surface area contributed by atoms with Gasteiger partial charge in [0, 0.05) is 37.1 Å². The van der Waals surface area contributed by atoms with Crippen LogP contribution in [0.4, 0.5) is 5.82 Å².